The SMILES string of the molecule is Cc1cc(C(=O)N2CCC(F)C2)ccc1NC1=CC=CC(Cl)C1. The number of hydrogen-bond donors (Lipinski definition) is 1. The predicted molar refractivity (Wildman–Crippen MR) is 91.7 cm³/mol. The number of hydrogen-bond acceptors (Lipinski definition) is 2. The molecule has 3 rings (SSSR count). The summed E-state index contributed by atoms with van der Waals surface area (Å²) in [7, 11) is 0. The summed E-state index contributed by atoms with van der Waals surface area (Å²) in [4.78, 5) is 14.0. The molecule has 1 aliphatic heterocycles. The van der Waals surface area contributed by atoms with Crippen LogP contribution >= 0.6 is 11.6 Å². The zero-order valence-electron chi connectivity index (χ0n) is 13.1. The predicted octanol–water partition coefficient (Wildman–Crippen LogP) is 4.04. The summed E-state index contributed by atoms with van der Waals surface area (Å²) in [5, 5.41) is 3.37. The van der Waals surface area contributed by atoms with Gasteiger partial charge in [-0.25, -0.2) is 4.39 Å². The molecule has 2 unspecified atom stereocenters. The first-order chi connectivity index (χ1) is 11.0. The van der Waals surface area contributed by atoms with E-state index in [4.69, 9.17) is 11.6 Å². The average molecular weight is 335 g/mol. The van der Waals surface area contributed by atoms with Crippen molar-refractivity contribution < 1.29 is 9.18 Å². The first-order valence-corrected chi connectivity index (χ1v) is 8.29. The Hall–Kier alpha value is -1.81. The standard InChI is InChI=1S/C18H20ClFN2O/c1-12-9-13(18(23)22-8-7-15(20)11-22)5-6-17(12)21-16-4-2-3-14(19)10-16/h2-6,9,14-15,21H,7-8,10-11H2,1H3. The fourth-order valence-electron chi connectivity index (χ4n) is 2.93. The van der Waals surface area contributed by atoms with E-state index >= 15 is 0 Å². The van der Waals surface area contributed by atoms with E-state index in [1.807, 2.05) is 37.3 Å². The molecule has 0 saturated carbocycles. The molecule has 5 heteroatoms. The van der Waals surface area contributed by atoms with Crippen molar-refractivity contribution >= 4 is 23.2 Å². The number of carbonyl (C=O) groups is 1. The number of carbonyl (C=O) groups excluding carboxylic acids is 1. The third-order valence-corrected chi connectivity index (χ3v) is 4.52. The van der Waals surface area contributed by atoms with Crippen molar-refractivity contribution in [3.63, 3.8) is 0 Å². The Labute approximate surface area is 140 Å². The second-order valence-corrected chi connectivity index (χ2v) is 6.65. The number of rotatable bonds is 3. The molecule has 1 amide bonds. The molecule has 1 N–H and O–H groups in total. The number of likely N-dealkylation sites (tertiary alicyclic amines) is 1. The molecule has 3 nitrogen and oxygen atoms in total. The fourth-order valence-corrected chi connectivity index (χ4v) is 3.18. The summed E-state index contributed by atoms with van der Waals surface area (Å²) in [6, 6.07) is 5.54. The van der Waals surface area contributed by atoms with E-state index in [0.29, 0.717) is 18.5 Å². The molecule has 23 heavy (non-hydrogen) atoms. The van der Waals surface area contributed by atoms with Crippen molar-refractivity contribution in [2.24, 2.45) is 0 Å². The van der Waals surface area contributed by atoms with Gasteiger partial charge in [0, 0.05) is 29.9 Å². The summed E-state index contributed by atoms with van der Waals surface area (Å²) >= 11 is 6.12. The van der Waals surface area contributed by atoms with Gasteiger partial charge >= 0.3 is 0 Å². The molecule has 1 fully saturated rings. The summed E-state index contributed by atoms with van der Waals surface area (Å²) < 4.78 is 13.3. The molecule has 2 atom stereocenters. The third kappa shape index (κ3) is 3.75. The van der Waals surface area contributed by atoms with E-state index in [-0.39, 0.29) is 17.8 Å². The smallest absolute Gasteiger partial charge is 0.253 e. The molecule has 1 aromatic rings. The highest BCUT2D eigenvalue weighted by Crippen LogP contribution is 2.24. The Kier molecular flexibility index (Phi) is 4.71. The molecule has 1 aromatic carbocycles. The van der Waals surface area contributed by atoms with Crippen molar-refractivity contribution in [3.05, 3.63) is 53.3 Å². The molecule has 122 valence electrons. The van der Waals surface area contributed by atoms with Crippen LogP contribution in [-0.4, -0.2) is 35.4 Å². The van der Waals surface area contributed by atoms with E-state index in [2.05, 4.69) is 5.32 Å². The van der Waals surface area contributed by atoms with Crippen LogP contribution < -0.4 is 5.32 Å². The third-order valence-electron chi connectivity index (χ3n) is 4.22. The van der Waals surface area contributed by atoms with Gasteiger partial charge in [0.1, 0.15) is 6.17 Å². The second-order valence-electron chi connectivity index (χ2n) is 6.09. The quantitative estimate of drug-likeness (QED) is 0.846. The zero-order chi connectivity index (χ0) is 16.4. The Morgan fingerprint density at radius 1 is 1.43 bits per heavy atom. The van der Waals surface area contributed by atoms with Gasteiger partial charge in [-0.15, -0.1) is 11.6 Å². The topological polar surface area (TPSA) is 32.3 Å². The van der Waals surface area contributed by atoms with Gasteiger partial charge in [0.15, 0.2) is 0 Å². The summed E-state index contributed by atoms with van der Waals surface area (Å²) in [5.74, 6) is -0.0968. The van der Waals surface area contributed by atoms with Gasteiger partial charge in [0.2, 0.25) is 0 Å². The highest BCUT2D eigenvalue weighted by molar-refractivity contribution is 6.22. The van der Waals surface area contributed by atoms with Crippen LogP contribution in [0.4, 0.5) is 10.1 Å². The monoisotopic (exact) mass is 334 g/mol. The zero-order valence-corrected chi connectivity index (χ0v) is 13.8. The Bertz CT molecular complexity index is 671. The van der Waals surface area contributed by atoms with Crippen LogP contribution in [-0.2, 0) is 0 Å². The largest absolute Gasteiger partial charge is 0.359 e. The molecular formula is C18H20ClFN2O. The van der Waals surface area contributed by atoms with Crippen LogP contribution in [0, 0.1) is 6.92 Å². The van der Waals surface area contributed by atoms with E-state index in [1.54, 1.807) is 11.0 Å². The van der Waals surface area contributed by atoms with Gasteiger partial charge in [-0.3, -0.25) is 4.79 Å². The van der Waals surface area contributed by atoms with E-state index in [0.717, 1.165) is 23.4 Å². The van der Waals surface area contributed by atoms with Gasteiger partial charge in [0.25, 0.3) is 5.91 Å². The lowest BCUT2D eigenvalue weighted by atomic mass is 10.1. The van der Waals surface area contributed by atoms with Crippen LogP contribution in [0.3, 0.4) is 0 Å². The normalized spacial score (nSPS) is 23.8. The fraction of sp³-hybridized carbons (Fsp3) is 0.389. The maximum Gasteiger partial charge on any atom is 0.253 e. The van der Waals surface area contributed by atoms with Crippen molar-refractivity contribution in [1.29, 1.82) is 0 Å². The first kappa shape index (κ1) is 16.1. The Morgan fingerprint density at radius 3 is 2.91 bits per heavy atom. The van der Waals surface area contributed by atoms with Crippen molar-refractivity contribution in [2.75, 3.05) is 18.4 Å². The van der Waals surface area contributed by atoms with E-state index < -0.39 is 6.17 Å². The maximum absolute atomic E-state index is 13.3. The van der Waals surface area contributed by atoms with Crippen LogP contribution in [0.25, 0.3) is 0 Å². The van der Waals surface area contributed by atoms with Crippen LogP contribution in [0.2, 0.25) is 0 Å². The first-order valence-electron chi connectivity index (χ1n) is 7.85. The molecular weight excluding hydrogens is 315 g/mol. The Morgan fingerprint density at radius 2 is 2.26 bits per heavy atom. The van der Waals surface area contributed by atoms with Gasteiger partial charge in [-0.2, -0.15) is 0 Å². The van der Waals surface area contributed by atoms with Crippen molar-refractivity contribution in [2.45, 2.75) is 31.3 Å². The molecule has 0 radical (unpaired) electrons. The number of allylic oxidation sites excluding steroid dienone is 4. The lowest BCUT2D eigenvalue weighted by molar-refractivity contribution is 0.0783. The van der Waals surface area contributed by atoms with Gasteiger partial charge < -0.3 is 10.2 Å². The number of benzene rings is 1. The minimum atomic E-state index is -0.893. The van der Waals surface area contributed by atoms with Crippen LogP contribution in [0.1, 0.15) is 28.8 Å². The number of alkyl halides is 2. The molecule has 0 bridgehead atoms. The Balaban J connectivity index is 1.72. The number of amides is 1. The second kappa shape index (κ2) is 6.75. The molecule has 1 aliphatic carbocycles. The lowest BCUT2D eigenvalue weighted by Gasteiger charge is -2.19. The number of nitrogens with zero attached hydrogens (tertiary/aromatic N) is 1. The lowest BCUT2D eigenvalue weighted by Crippen LogP contribution is -2.29. The molecule has 0 aromatic heterocycles. The van der Waals surface area contributed by atoms with Crippen LogP contribution in [0.15, 0.2) is 42.1 Å². The summed E-state index contributed by atoms with van der Waals surface area (Å²) in [6.07, 6.45) is 6.20. The summed E-state index contributed by atoms with van der Waals surface area (Å²) in [5.41, 5.74) is 3.59. The van der Waals surface area contributed by atoms with Crippen LogP contribution in [0.5, 0.6) is 0 Å². The molecule has 2 aliphatic rings. The highest BCUT2D eigenvalue weighted by atomic mass is 35.5. The molecule has 1 saturated heterocycles. The number of halogens is 2. The van der Waals surface area contributed by atoms with Gasteiger partial charge in [-0.1, -0.05) is 12.2 Å². The van der Waals surface area contributed by atoms with Crippen molar-refractivity contribution in [3.8, 4) is 0 Å². The number of nitrogens with one attached hydrogen (secondary N) is 1. The highest BCUT2D eigenvalue weighted by Gasteiger charge is 2.26. The van der Waals surface area contributed by atoms with E-state index in [9.17, 15) is 9.18 Å². The number of anilines is 1. The van der Waals surface area contributed by atoms with Gasteiger partial charge in [-0.05, 0) is 43.2 Å². The van der Waals surface area contributed by atoms with E-state index in [1.165, 1.54) is 0 Å². The maximum atomic E-state index is 13.3. The molecule has 1 heterocycles. The average Bonchev–Trinajstić information content (AvgIpc) is 2.95. The van der Waals surface area contributed by atoms with Crippen molar-refractivity contribution in [1.82, 2.24) is 4.90 Å². The number of aryl methyl sites for hydroxylation is 1. The van der Waals surface area contributed by atoms with Gasteiger partial charge in [0.05, 0.1) is 11.9 Å². The minimum absolute atomic E-state index is 0.00692. The minimum Gasteiger partial charge on any atom is -0.359 e. The summed E-state index contributed by atoms with van der Waals surface area (Å²) in [6.45, 7) is 2.65. The molecule has 0 spiro atoms.